The average molecular weight is 163 g/mol. The summed E-state index contributed by atoms with van der Waals surface area (Å²) < 4.78 is 12.6. The molecule has 0 saturated carbocycles. The highest BCUT2D eigenvalue weighted by molar-refractivity contribution is 5.75. The van der Waals surface area contributed by atoms with E-state index in [0.29, 0.717) is 16.7 Å². The van der Waals surface area contributed by atoms with E-state index in [4.69, 9.17) is 0 Å². The minimum absolute atomic E-state index is 0.544. The maximum Gasteiger partial charge on any atom is 0.309 e. The molecule has 3 nitrogen and oxygen atoms in total. The van der Waals surface area contributed by atoms with Crippen LogP contribution < -0.4 is 0 Å². The van der Waals surface area contributed by atoms with Crippen LogP contribution in [0.1, 0.15) is 5.69 Å². The largest absolute Gasteiger partial charge is 0.309 e. The van der Waals surface area contributed by atoms with E-state index in [2.05, 4.69) is 15.0 Å². The highest BCUT2D eigenvalue weighted by Gasteiger charge is 2.02. The summed E-state index contributed by atoms with van der Waals surface area (Å²) in [7, 11) is 0. The molecule has 2 aromatic heterocycles. The molecule has 2 heterocycles. The maximum atomic E-state index is 12.6. The molecule has 12 heavy (non-hydrogen) atoms. The van der Waals surface area contributed by atoms with E-state index in [1.165, 1.54) is 0 Å². The highest BCUT2D eigenvalue weighted by Crippen LogP contribution is 2.10. The number of aryl methyl sites for hydroxylation is 1. The molecule has 60 valence electrons. The molecule has 0 aliphatic carbocycles. The molecular formula is C8H6FN3. The van der Waals surface area contributed by atoms with Crippen molar-refractivity contribution < 1.29 is 4.39 Å². The Morgan fingerprint density at radius 3 is 3.00 bits per heavy atom. The average Bonchev–Trinajstić information content (AvgIpc) is 2.04. The maximum absolute atomic E-state index is 12.6. The SMILES string of the molecule is Cc1nc(F)nc2cccnc12. The Kier molecular flexibility index (Phi) is 1.46. The van der Waals surface area contributed by atoms with Gasteiger partial charge in [0, 0.05) is 6.20 Å². The lowest BCUT2D eigenvalue weighted by molar-refractivity contribution is 0.541. The summed E-state index contributed by atoms with van der Waals surface area (Å²) >= 11 is 0. The van der Waals surface area contributed by atoms with Gasteiger partial charge in [0.15, 0.2) is 0 Å². The van der Waals surface area contributed by atoms with Crippen LogP contribution in [0.5, 0.6) is 0 Å². The third-order valence-corrected chi connectivity index (χ3v) is 1.60. The van der Waals surface area contributed by atoms with Gasteiger partial charge in [0.1, 0.15) is 5.52 Å². The molecule has 0 N–H and O–H groups in total. The zero-order valence-corrected chi connectivity index (χ0v) is 6.45. The van der Waals surface area contributed by atoms with Gasteiger partial charge in [0.2, 0.25) is 0 Å². The van der Waals surface area contributed by atoms with Gasteiger partial charge in [-0.3, -0.25) is 4.98 Å². The van der Waals surface area contributed by atoms with Crippen LogP contribution in [0, 0.1) is 13.0 Å². The van der Waals surface area contributed by atoms with E-state index >= 15 is 0 Å². The highest BCUT2D eigenvalue weighted by atomic mass is 19.1. The van der Waals surface area contributed by atoms with Crippen LogP contribution in [0.2, 0.25) is 0 Å². The van der Waals surface area contributed by atoms with Crippen LogP contribution in [0.15, 0.2) is 18.3 Å². The van der Waals surface area contributed by atoms with Gasteiger partial charge in [0.05, 0.1) is 11.2 Å². The topological polar surface area (TPSA) is 38.7 Å². The van der Waals surface area contributed by atoms with Crippen molar-refractivity contribution in [3.05, 3.63) is 30.1 Å². The lowest BCUT2D eigenvalue weighted by Gasteiger charge is -1.97. The van der Waals surface area contributed by atoms with E-state index in [1.54, 1.807) is 25.3 Å². The Bertz CT molecular complexity index is 428. The van der Waals surface area contributed by atoms with Crippen molar-refractivity contribution in [2.24, 2.45) is 0 Å². The summed E-state index contributed by atoms with van der Waals surface area (Å²) in [5.41, 5.74) is 1.76. The zero-order chi connectivity index (χ0) is 8.55. The number of hydrogen-bond donors (Lipinski definition) is 0. The van der Waals surface area contributed by atoms with Gasteiger partial charge in [-0.2, -0.15) is 4.39 Å². The molecule has 0 radical (unpaired) electrons. The van der Waals surface area contributed by atoms with Gasteiger partial charge in [-0.1, -0.05) is 0 Å². The van der Waals surface area contributed by atoms with E-state index in [-0.39, 0.29) is 0 Å². The summed E-state index contributed by atoms with van der Waals surface area (Å²) in [5, 5.41) is 0. The third kappa shape index (κ3) is 1.01. The molecule has 0 unspecified atom stereocenters. The standard InChI is InChI=1S/C8H6FN3/c1-5-7-6(3-2-4-10-7)12-8(9)11-5/h2-4H,1H3. The molecule has 0 spiro atoms. The summed E-state index contributed by atoms with van der Waals surface area (Å²) in [4.78, 5) is 11.2. The lowest BCUT2D eigenvalue weighted by Crippen LogP contribution is -1.95. The van der Waals surface area contributed by atoms with Gasteiger partial charge in [0.25, 0.3) is 0 Å². The van der Waals surface area contributed by atoms with Crippen LogP contribution in [-0.2, 0) is 0 Å². The smallest absolute Gasteiger partial charge is 0.253 e. The minimum Gasteiger partial charge on any atom is -0.253 e. The van der Waals surface area contributed by atoms with E-state index in [0.717, 1.165) is 0 Å². The zero-order valence-electron chi connectivity index (χ0n) is 6.45. The summed E-state index contributed by atoms with van der Waals surface area (Å²) in [5.74, 6) is 0. The Morgan fingerprint density at radius 2 is 2.17 bits per heavy atom. The molecule has 0 aliphatic heterocycles. The van der Waals surface area contributed by atoms with Gasteiger partial charge in [-0.15, -0.1) is 0 Å². The number of nitrogens with zero attached hydrogens (tertiary/aromatic N) is 3. The third-order valence-electron chi connectivity index (χ3n) is 1.60. The monoisotopic (exact) mass is 163 g/mol. The van der Waals surface area contributed by atoms with Crippen LogP contribution in [0.3, 0.4) is 0 Å². The number of halogens is 1. The second-order valence-electron chi connectivity index (χ2n) is 2.45. The van der Waals surface area contributed by atoms with Gasteiger partial charge < -0.3 is 0 Å². The molecule has 0 aliphatic rings. The van der Waals surface area contributed by atoms with Crippen LogP contribution >= 0.6 is 0 Å². The van der Waals surface area contributed by atoms with Crippen molar-refractivity contribution in [2.75, 3.05) is 0 Å². The van der Waals surface area contributed by atoms with Crippen molar-refractivity contribution in [1.82, 2.24) is 15.0 Å². The van der Waals surface area contributed by atoms with E-state index < -0.39 is 6.08 Å². The summed E-state index contributed by atoms with van der Waals surface area (Å²) in [6.45, 7) is 1.71. The van der Waals surface area contributed by atoms with Crippen molar-refractivity contribution in [3.8, 4) is 0 Å². The number of hydrogen-bond acceptors (Lipinski definition) is 3. The molecule has 0 bridgehead atoms. The molecule has 2 rings (SSSR count). The first-order valence-corrected chi connectivity index (χ1v) is 3.52. The second kappa shape index (κ2) is 2.48. The Hall–Kier alpha value is -1.58. The summed E-state index contributed by atoms with van der Waals surface area (Å²) in [6.07, 6.45) is 0.935. The fraction of sp³-hybridized carbons (Fsp3) is 0.125. The predicted octanol–water partition coefficient (Wildman–Crippen LogP) is 1.47. The minimum atomic E-state index is -0.701. The number of rotatable bonds is 0. The number of aromatic nitrogens is 3. The fourth-order valence-corrected chi connectivity index (χ4v) is 1.08. The molecular weight excluding hydrogens is 157 g/mol. The number of fused-ring (bicyclic) bond motifs is 1. The Labute approximate surface area is 68.3 Å². The molecule has 0 aromatic carbocycles. The molecule has 2 aromatic rings. The Morgan fingerprint density at radius 1 is 1.33 bits per heavy atom. The lowest BCUT2D eigenvalue weighted by atomic mass is 10.3. The predicted molar refractivity (Wildman–Crippen MR) is 42.0 cm³/mol. The van der Waals surface area contributed by atoms with Gasteiger partial charge >= 0.3 is 6.08 Å². The first-order chi connectivity index (χ1) is 5.77. The van der Waals surface area contributed by atoms with Crippen LogP contribution in [-0.4, -0.2) is 15.0 Å². The van der Waals surface area contributed by atoms with Gasteiger partial charge in [-0.25, -0.2) is 9.97 Å². The van der Waals surface area contributed by atoms with Crippen LogP contribution in [0.4, 0.5) is 4.39 Å². The molecule has 0 saturated heterocycles. The fourth-order valence-electron chi connectivity index (χ4n) is 1.08. The first-order valence-electron chi connectivity index (χ1n) is 3.52. The second-order valence-corrected chi connectivity index (χ2v) is 2.45. The van der Waals surface area contributed by atoms with E-state index in [9.17, 15) is 4.39 Å². The number of pyridine rings is 1. The quantitative estimate of drug-likeness (QED) is 0.552. The van der Waals surface area contributed by atoms with Crippen molar-refractivity contribution in [1.29, 1.82) is 0 Å². The van der Waals surface area contributed by atoms with Gasteiger partial charge in [-0.05, 0) is 19.1 Å². The molecule has 0 atom stereocenters. The molecule has 0 amide bonds. The molecule has 4 heteroatoms. The normalized spacial score (nSPS) is 10.5. The van der Waals surface area contributed by atoms with Crippen molar-refractivity contribution >= 4 is 11.0 Å². The molecule has 0 fully saturated rings. The summed E-state index contributed by atoms with van der Waals surface area (Å²) in [6, 6.07) is 3.42. The van der Waals surface area contributed by atoms with Crippen molar-refractivity contribution in [3.63, 3.8) is 0 Å². The first kappa shape index (κ1) is 7.09. The van der Waals surface area contributed by atoms with E-state index in [1.807, 2.05) is 0 Å². The van der Waals surface area contributed by atoms with Crippen molar-refractivity contribution in [2.45, 2.75) is 6.92 Å². The Balaban J connectivity index is 2.89. The van der Waals surface area contributed by atoms with Crippen LogP contribution in [0.25, 0.3) is 11.0 Å².